The minimum Gasteiger partial charge on any atom is -0.460 e. The molecule has 0 aliphatic carbocycles. The van der Waals surface area contributed by atoms with Gasteiger partial charge in [-0.05, 0) is 11.4 Å². The van der Waals surface area contributed by atoms with Gasteiger partial charge in [-0.25, -0.2) is 9.18 Å². The van der Waals surface area contributed by atoms with Crippen molar-refractivity contribution in [3.63, 3.8) is 0 Å². The fourth-order valence-electron chi connectivity index (χ4n) is 0.701. The molecular weight excluding hydrogens is 300 g/mol. The molecule has 11 heteroatoms. The van der Waals surface area contributed by atoms with Gasteiger partial charge in [0.15, 0.2) is 0 Å². The maximum absolute atomic E-state index is 12.8. The van der Waals surface area contributed by atoms with Gasteiger partial charge in [-0.15, -0.1) is 0 Å². The lowest BCUT2D eigenvalue weighted by Crippen LogP contribution is -2.40. The largest absolute Gasteiger partial charge is 0.460 e. The normalized spacial score (nSPS) is 13.9. The lowest BCUT2D eigenvalue weighted by atomic mass is 10.4. The number of ether oxygens (including phenoxy) is 2. The number of hydrogen-bond donors (Lipinski definition) is 0. The maximum Gasteiger partial charge on any atom is 0.404 e. The summed E-state index contributed by atoms with van der Waals surface area (Å²) in [6, 6.07) is 0. The Balaban J connectivity index is 4.32. The Labute approximate surface area is 106 Å². The average Bonchev–Trinajstić information content (AvgIpc) is 2.33. The SMILES string of the molecule is C=C(C)C(=O)OCCOC(F)(F)C(F)S(=O)(=O)OF. The predicted molar refractivity (Wildman–Crippen MR) is 52.7 cm³/mol. The minimum absolute atomic E-state index is 0.0106. The molecule has 0 rings (SSSR count). The zero-order valence-corrected chi connectivity index (χ0v) is 10.4. The highest BCUT2D eigenvalue weighted by Crippen LogP contribution is 2.28. The minimum atomic E-state index is -5.75. The molecule has 0 N–H and O–H groups in total. The molecule has 19 heavy (non-hydrogen) atoms. The summed E-state index contributed by atoms with van der Waals surface area (Å²) in [7, 11) is -5.75. The summed E-state index contributed by atoms with van der Waals surface area (Å²) in [5.41, 5.74) is -4.06. The third kappa shape index (κ3) is 5.53. The molecule has 0 saturated carbocycles. The summed E-state index contributed by atoms with van der Waals surface area (Å²) in [4.78, 5) is 10.8. The van der Waals surface area contributed by atoms with Gasteiger partial charge in [0.25, 0.3) is 0 Å². The molecule has 0 aromatic carbocycles. The zero-order chi connectivity index (χ0) is 15.3. The molecule has 0 saturated heterocycles. The number of halogens is 4. The van der Waals surface area contributed by atoms with Gasteiger partial charge >= 0.3 is 27.7 Å². The van der Waals surface area contributed by atoms with Crippen molar-refractivity contribution in [2.24, 2.45) is 0 Å². The van der Waals surface area contributed by atoms with Gasteiger partial charge in [0.05, 0.1) is 6.61 Å². The summed E-state index contributed by atoms with van der Waals surface area (Å²) in [5, 5.41) is 0. The van der Waals surface area contributed by atoms with Crippen LogP contribution in [0.15, 0.2) is 12.2 Å². The van der Waals surface area contributed by atoms with Crippen LogP contribution in [0.2, 0.25) is 0 Å². The number of alkyl halides is 3. The summed E-state index contributed by atoms with van der Waals surface area (Å²) in [6.07, 6.45) is -4.86. The van der Waals surface area contributed by atoms with Crippen LogP contribution >= 0.6 is 0 Å². The van der Waals surface area contributed by atoms with Crippen LogP contribution in [-0.2, 0) is 28.8 Å². The molecule has 6 nitrogen and oxygen atoms in total. The number of carbonyl (C=O) groups is 1. The smallest absolute Gasteiger partial charge is 0.404 e. The molecule has 0 bridgehead atoms. The molecule has 0 amide bonds. The molecule has 1 unspecified atom stereocenters. The Kier molecular flexibility index (Phi) is 6.39. The van der Waals surface area contributed by atoms with Gasteiger partial charge in [0.2, 0.25) is 0 Å². The van der Waals surface area contributed by atoms with E-state index in [9.17, 15) is 30.9 Å². The van der Waals surface area contributed by atoms with Crippen LogP contribution in [-0.4, -0.2) is 39.2 Å². The molecular formula is C8H10F4O6S. The van der Waals surface area contributed by atoms with Crippen LogP contribution in [0.3, 0.4) is 0 Å². The quantitative estimate of drug-likeness (QED) is 0.290. The van der Waals surface area contributed by atoms with Crippen molar-refractivity contribution in [1.82, 2.24) is 0 Å². The number of esters is 1. The first-order chi connectivity index (χ1) is 8.54. The van der Waals surface area contributed by atoms with Crippen LogP contribution in [0.25, 0.3) is 0 Å². The third-order valence-corrected chi connectivity index (χ3v) is 2.52. The van der Waals surface area contributed by atoms with Crippen LogP contribution < -0.4 is 0 Å². The highest BCUT2D eigenvalue weighted by atomic mass is 32.2. The second-order valence-electron chi connectivity index (χ2n) is 3.20. The van der Waals surface area contributed by atoms with Gasteiger partial charge in [0.1, 0.15) is 6.61 Å². The molecule has 112 valence electrons. The van der Waals surface area contributed by atoms with E-state index in [4.69, 9.17) is 0 Å². The first kappa shape index (κ1) is 17.8. The average molecular weight is 310 g/mol. The van der Waals surface area contributed by atoms with Crippen molar-refractivity contribution in [2.75, 3.05) is 13.2 Å². The zero-order valence-electron chi connectivity index (χ0n) is 9.57. The molecule has 0 aliphatic rings. The van der Waals surface area contributed by atoms with E-state index in [0.29, 0.717) is 0 Å². The Hall–Kier alpha value is -1.20. The van der Waals surface area contributed by atoms with E-state index in [2.05, 4.69) is 20.4 Å². The van der Waals surface area contributed by atoms with Gasteiger partial charge in [-0.1, -0.05) is 11.0 Å². The fourth-order valence-corrected chi connectivity index (χ4v) is 1.17. The first-order valence-electron chi connectivity index (χ1n) is 4.57. The Bertz CT molecular complexity index is 435. The third-order valence-electron chi connectivity index (χ3n) is 1.56. The highest BCUT2D eigenvalue weighted by molar-refractivity contribution is 7.87. The standard InChI is InChI=1S/C8H10F4O6S/c1-5(2)6(13)16-3-4-17-8(10,11)7(9)19(14,15)18-12/h7H,1,3-4H2,2H3. The topological polar surface area (TPSA) is 78.9 Å². The van der Waals surface area contributed by atoms with E-state index in [1.807, 2.05) is 0 Å². The van der Waals surface area contributed by atoms with Crippen molar-refractivity contribution < 1.29 is 44.8 Å². The maximum atomic E-state index is 12.8. The number of hydrogen-bond acceptors (Lipinski definition) is 6. The predicted octanol–water partition coefficient (Wildman–Crippen LogP) is 1.24. The molecule has 0 fully saturated rings. The van der Waals surface area contributed by atoms with Crippen molar-refractivity contribution in [3.05, 3.63) is 12.2 Å². The first-order valence-corrected chi connectivity index (χ1v) is 6.04. The highest BCUT2D eigenvalue weighted by Gasteiger charge is 2.52. The summed E-state index contributed by atoms with van der Waals surface area (Å²) in [6.45, 7) is 2.76. The molecule has 0 aromatic heterocycles. The van der Waals surface area contributed by atoms with Crippen LogP contribution in [0.1, 0.15) is 6.92 Å². The van der Waals surface area contributed by atoms with Gasteiger partial charge in [-0.2, -0.15) is 17.2 Å². The molecule has 1 atom stereocenters. The lowest BCUT2D eigenvalue weighted by molar-refractivity contribution is -0.261. The summed E-state index contributed by atoms with van der Waals surface area (Å²) < 4.78 is 80.3. The number of rotatable bonds is 8. The summed E-state index contributed by atoms with van der Waals surface area (Å²) in [5.74, 6) is -0.900. The van der Waals surface area contributed by atoms with Gasteiger partial charge in [-0.3, -0.25) is 0 Å². The van der Waals surface area contributed by atoms with Crippen LogP contribution in [0, 0.1) is 0 Å². The van der Waals surface area contributed by atoms with Crippen LogP contribution in [0.5, 0.6) is 0 Å². The van der Waals surface area contributed by atoms with Crippen molar-refractivity contribution in [2.45, 2.75) is 18.5 Å². The van der Waals surface area contributed by atoms with Gasteiger partial charge < -0.3 is 9.47 Å². The molecule has 0 aromatic rings. The van der Waals surface area contributed by atoms with E-state index in [1.165, 1.54) is 6.92 Å². The molecule has 0 radical (unpaired) electrons. The monoisotopic (exact) mass is 310 g/mol. The Morgan fingerprint density at radius 3 is 2.32 bits per heavy atom. The Morgan fingerprint density at radius 1 is 1.37 bits per heavy atom. The second kappa shape index (κ2) is 6.82. The van der Waals surface area contributed by atoms with E-state index >= 15 is 0 Å². The van der Waals surface area contributed by atoms with Crippen molar-refractivity contribution in [1.29, 1.82) is 0 Å². The fraction of sp³-hybridized carbons (Fsp3) is 0.625. The Morgan fingerprint density at radius 2 is 1.89 bits per heavy atom. The van der Waals surface area contributed by atoms with E-state index in [1.54, 1.807) is 0 Å². The number of carbonyl (C=O) groups excluding carboxylic acids is 1. The van der Waals surface area contributed by atoms with E-state index < -0.39 is 40.9 Å². The molecule has 0 spiro atoms. The second-order valence-corrected chi connectivity index (χ2v) is 4.72. The van der Waals surface area contributed by atoms with Crippen molar-refractivity contribution >= 4 is 16.1 Å². The molecule has 0 heterocycles. The van der Waals surface area contributed by atoms with Gasteiger partial charge in [0, 0.05) is 5.57 Å². The van der Waals surface area contributed by atoms with E-state index in [0.717, 1.165) is 0 Å². The van der Waals surface area contributed by atoms with Crippen LogP contribution in [0.4, 0.5) is 17.7 Å². The van der Waals surface area contributed by atoms with E-state index in [-0.39, 0.29) is 5.57 Å². The van der Waals surface area contributed by atoms with Crippen molar-refractivity contribution in [3.8, 4) is 0 Å². The summed E-state index contributed by atoms with van der Waals surface area (Å²) >= 11 is 0. The molecule has 0 aliphatic heterocycles. The lowest BCUT2D eigenvalue weighted by Gasteiger charge is -2.18.